The molecule has 0 spiro atoms. The lowest BCUT2D eigenvalue weighted by Crippen LogP contribution is -1.97. The summed E-state index contributed by atoms with van der Waals surface area (Å²) in [6.07, 6.45) is 3.50. The lowest BCUT2D eigenvalue weighted by molar-refractivity contribution is 0.589. The fourth-order valence-electron chi connectivity index (χ4n) is 5.35. The maximum absolute atomic E-state index is 14.0. The van der Waals surface area contributed by atoms with E-state index in [1.807, 2.05) is 78.9 Å². The molecule has 202 valence electrons. The molecule has 0 aliphatic heterocycles. The maximum Gasteiger partial charge on any atom is 0.213 e. The highest BCUT2D eigenvalue weighted by Crippen LogP contribution is 2.32. The van der Waals surface area contributed by atoms with E-state index in [1.165, 1.54) is 6.07 Å². The van der Waals surface area contributed by atoms with Gasteiger partial charge in [0.25, 0.3) is 0 Å². The highest BCUT2D eigenvalue weighted by Gasteiger charge is 2.14. The van der Waals surface area contributed by atoms with Crippen molar-refractivity contribution >= 4 is 32.7 Å². The molecule has 8 aromatic rings. The van der Waals surface area contributed by atoms with Gasteiger partial charge in [0.05, 0.1) is 27.9 Å². The fourth-order valence-corrected chi connectivity index (χ4v) is 5.35. The van der Waals surface area contributed by atoms with Gasteiger partial charge in [0.2, 0.25) is 5.95 Å². The molecule has 5 aromatic heterocycles. The van der Waals surface area contributed by atoms with Crippen molar-refractivity contribution in [3.05, 3.63) is 134 Å². The molecule has 0 fully saturated rings. The standard InChI is InChI=1S/C36H21FN6/c37-32-18-15-25-12-11-24-14-17-28(40-33(24)34(25)42-32)23-9-7-22(8-10-23)26-13-16-27-31(21-26)41-36(30-6-2-4-20-39-30)43-35(27)29-5-1-3-19-38-29/h1-21H. The van der Waals surface area contributed by atoms with Crippen LogP contribution in [-0.2, 0) is 0 Å². The van der Waals surface area contributed by atoms with Gasteiger partial charge in [-0.25, -0.2) is 19.9 Å². The average Bonchev–Trinajstić information content (AvgIpc) is 3.08. The summed E-state index contributed by atoms with van der Waals surface area (Å²) in [5.41, 5.74) is 8.10. The third-order valence-corrected chi connectivity index (χ3v) is 7.50. The predicted octanol–water partition coefficient (Wildman–Crippen LogP) is 8.32. The molecular formula is C36H21FN6. The number of pyridine rings is 4. The lowest BCUT2D eigenvalue weighted by atomic mass is 10.00. The van der Waals surface area contributed by atoms with Crippen LogP contribution in [0.15, 0.2) is 128 Å². The Morgan fingerprint density at radius 2 is 1.12 bits per heavy atom. The number of rotatable bonds is 4. The molecule has 7 heteroatoms. The van der Waals surface area contributed by atoms with Crippen molar-refractivity contribution in [2.75, 3.05) is 0 Å². The van der Waals surface area contributed by atoms with E-state index in [-0.39, 0.29) is 0 Å². The summed E-state index contributed by atoms with van der Waals surface area (Å²) in [7, 11) is 0. The Labute approximate surface area is 245 Å². The second-order valence-electron chi connectivity index (χ2n) is 10.2. The molecule has 0 amide bonds. The molecule has 0 saturated heterocycles. The second kappa shape index (κ2) is 10.2. The molecule has 0 atom stereocenters. The Kier molecular flexibility index (Phi) is 5.86. The minimum Gasteiger partial charge on any atom is -0.255 e. The number of benzene rings is 3. The quantitative estimate of drug-likeness (QED) is 0.160. The fraction of sp³-hybridized carbons (Fsp3) is 0. The van der Waals surface area contributed by atoms with Crippen molar-refractivity contribution in [3.8, 4) is 45.3 Å². The molecular weight excluding hydrogens is 535 g/mol. The minimum atomic E-state index is -0.517. The number of hydrogen-bond acceptors (Lipinski definition) is 6. The summed E-state index contributed by atoms with van der Waals surface area (Å²) < 4.78 is 14.0. The van der Waals surface area contributed by atoms with Crippen molar-refractivity contribution in [1.29, 1.82) is 0 Å². The molecule has 0 aliphatic rings. The molecule has 3 aromatic carbocycles. The third kappa shape index (κ3) is 4.53. The van der Waals surface area contributed by atoms with E-state index in [0.29, 0.717) is 22.6 Å². The molecule has 0 unspecified atom stereocenters. The number of nitrogens with zero attached hydrogens (tertiary/aromatic N) is 6. The van der Waals surface area contributed by atoms with Gasteiger partial charge in [-0.2, -0.15) is 4.39 Å². The van der Waals surface area contributed by atoms with Gasteiger partial charge < -0.3 is 0 Å². The number of halogens is 1. The zero-order chi connectivity index (χ0) is 28.8. The van der Waals surface area contributed by atoms with Gasteiger partial charge in [-0.05, 0) is 65.7 Å². The Balaban J connectivity index is 1.20. The lowest BCUT2D eigenvalue weighted by Gasteiger charge is -2.11. The van der Waals surface area contributed by atoms with Crippen LogP contribution in [0, 0.1) is 5.95 Å². The van der Waals surface area contributed by atoms with E-state index in [1.54, 1.807) is 18.5 Å². The van der Waals surface area contributed by atoms with E-state index < -0.39 is 5.95 Å². The highest BCUT2D eigenvalue weighted by atomic mass is 19.1. The summed E-state index contributed by atoms with van der Waals surface area (Å²) in [4.78, 5) is 27.8. The van der Waals surface area contributed by atoms with E-state index in [0.717, 1.165) is 55.4 Å². The third-order valence-electron chi connectivity index (χ3n) is 7.50. The molecule has 0 N–H and O–H groups in total. The summed E-state index contributed by atoms with van der Waals surface area (Å²) >= 11 is 0. The topological polar surface area (TPSA) is 77.3 Å². The minimum absolute atomic E-state index is 0.517. The summed E-state index contributed by atoms with van der Waals surface area (Å²) in [6, 6.07) is 36.9. The van der Waals surface area contributed by atoms with Gasteiger partial charge in [0, 0.05) is 34.1 Å². The predicted molar refractivity (Wildman–Crippen MR) is 167 cm³/mol. The van der Waals surface area contributed by atoms with E-state index in [9.17, 15) is 4.39 Å². The first kappa shape index (κ1) is 24.8. The van der Waals surface area contributed by atoms with Crippen LogP contribution < -0.4 is 0 Å². The molecule has 8 rings (SSSR count). The van der Waals surface area contributed by atoms with Crippen LogP contribution in [0.25, 0.3) is 78.0 Å². The second-order valence-corrected chi connectivity index (χ2v) is 10.2. The first-order chi connectivity index (χ1) is 21.2. The molecule has 5 heterocycles. The van der Waals surface area contributed by atoms with Gasteiger partial charge >= 0.3 is 0 Å². The van der Waals surface area contributed by atoms with Gasteiger partial charge in [-0.1, -0.05) is 60.7 Å². The van der Waals surface area contributed by atoms with E-state index >= 15 is 0 Å². The van der Waals surface area contributed by atoms with Crippen LogP contribution in [0.2, 0.25) is 0 Å². The normalized spacial score (nSPS) is 11.4. The van der Waals surface area contributed by atoms with Crippen LogP contribution in [0.1, 0.15) is 0 Å². The SMILES string of the molecule is Fc1ccc2ccc3ccc(-c4ccc(-c5ccc6c(-c7ccccn7)nc(-c7ccccn7)nc6c5)cc4)nc3c2n1. The first-order valence-electron chi connectivity index (χ1n) is 13.8. The Morgan fingerprint density at radius 3 is 1.86 bits per heavy atom. The Morgan fingerprint density at radius 1 is 0.465 bits per heavy atom. The van der Waals surface area contributed by atoms with Gasteiger partial charge in [-0.15, -0.1) is 0 Å². The molecule has 0 radical (unpaired) electrons. The van der Waals surface area contributed by atoms with Crippen LogP contribution >= 0.6 is 0 Å². The zero-order valence-electron chi connectivity index (χ0n) is 22.7. The first-order valence-corrected chi connectivity index (χ1v) is 13.8. The van der Waals surface area contributed by atoms with Crippen LogP contribution in [-0.4, -0.2) is 29.9 Å². The molecule has 0 bridgehead atoms. The maximum atomic E-state index is 14.0. The zero-order valence-corrected chi connectivity index (χ0v) is 22.7. The number of hydrogen-bond donors (Lipinski definition) is 0. The van der Waals surface area contributed by atoms with Crippen LogP contribution in [0.3, 0.4) is 0 Å². The van der Waals surface area contributed by atoms with Crippen molar-refractivity contribution in [3.63, 3.8) is 0 Å². The van der Waals surface area contributed by atoms with Crippen LogP contribution in [0.4, 0.5) is 4.39 Å². The molecule has 43 heavy (non-hydrogen) atoms. The monoisotopic (exact) mass is 556 g/mol. The smallest absolute Gasteiger partial charge is 0.213 e. The average molecular weight is 557 g/mol. The van der Waals surface area contributed by atoms with Gasteiger partial charge in [0.1, 0.15) is 11.4 Å². The number of fused-ring (bicyclic) bond motifs is 4. The van der Waals surface area contributed by atoms with Crippen molar-refractivity contribution in [2.24, 2.45) is 0 Å². The van der Waals surface area contributed by atoms with E-state index in [2.05, 4.69) is 39.2 Å². The van der Waals surface area contributed by atoms with Crippen molar-refractivity contribution in [2.45, 2.75) is 0 Å². The largest absolute Gasteiger partial charge is 0.255 e. The summed E-state index contributed by atoms with van der Waals surface area (Å²) in [5.74, 6) is 0.0297. The van der Waals surface area contributed by atoms with Crippen LogP contribution in [0.5, 0.6) is 0 Å². The Bertz CT molecular complexity index is 2290. The molecule has 0 saturated carbocycles. The van der Waals surface area contributed by atoms with E-state index in [4.69, 9.17) is 15.0 Å². The van der Waals surface area contributed by atoms with Crippen molar-refractivity contribution < 1.29 is 4.39 Å². The highest BCUT2D eigenvalue weighted by molar-refractivity contribution is 6.03. The summed E-state index contributed by atoms with van der Waals surface area (Å²) in [6.45, 7) is 0. The van der Waals surface area contributed by atoms with Gasteiger partial charge in [0.15, 0.2) is 5.82 Å². The van der Waals surface area contributed by atoms with Crippen molar-refractivity contribution in [1.82, 2.24) is 29.9 Å². The van der Waals surface area contributed by atoms with Gasteiger partial charge in [-0.3, -0.25) is 9.97 Å². The molecule has 6 nitrogen and oxygen atoms in total. The Hall–Kier alpha value is -5.95. The molecule has 0 aliphatic carbocycles. The number of aromatic nitrogens is 6. The summed E-state index contributed by atoms with van der Waals surface area (Å²) in [5, 5.41) is 2.68.